The second-order valence-corrected chi connectivity index (χ2v) is 5.91. The Bertz CT molecular complexity index is 631. The Hall–Kier alpha value is -1.97. The Balaban J connectivity index is 3.05. The standard InChI is InChI=1S/C17H21BrO8/c1-22-4-5-25-10-26-16-12(9-19)6-11(7-14(16)18)13(17(21)24-3)8-15(20)23-2/h6-7,9,13H,4-5,8,10H2,1-3H3/t13-/m0/s1. The monoisotopic (exact) mass is 432 g/mol. The van der Waals surface area contributed by atoms with Crippen LogP contribution in [0.1, 0.15) is 28.3 Å². The van der Waals surface area contributed by atoms with Crippen LogP contribution in [0.2, 0.25) is 0 Å². The van der Waals surface area contributed by atoms with Crippen LogP contribution in [0.4, 0.5) is 0 Å². The van der Waals surface area contributed by atoms with E-state index in [1.807, 2.05) is 0 Å². The first-order valence-electron chi connectivity index (χ1n) is 7.61. The topological polar surface area (TPSA) is 97.4 Å². The molecule has 0 heterocycles. The maximum atomic E-state index is 12.0. The molecule has 0 N–H and O–H groups in total. The second kappa shape index (κ2) is 11.6. The lowest BCUT2D eigenvalue weighted by Crippen LogP contribution is -2.19. The molecule has 0 unspecified atom stereocenters. The van der Waals surface area contributed by atoms with Crippen molar-refractivity contribution in [3.8, 4) is 5.75 Å². The maximum Gasteiger partial charge on any atom is 0.313 e. The zero-order valence-electron chi connectivity index (χ0n) is 14.8. The molecule has 1 atom stereocenters. The zero-order chi connectivity index (χ0) is 19.5. The summed E-state index contributed by atoms with van der Waals surface area (Å²) < 4.78 is 25.3. The molecule has 0 aromatic heterocycles. The van der Waals surface area contributed by atoms with Crippen LogP contribution in [0.5, 0.6) is 5.75 Å². The van der Waals surface area contributed by atoms with E-state index in [2.05, 4.69) is 20.7 Å². The molecule has 0 bridgehead atoms. The number of carbonyl (C=O) groups is 3. The van der Waals surface area contributed by atoms with Crippen molar-refractivity contribution in [3.63, 3.8) is 0 Å². The molecule has 9 heteroatoms. The maximum absolute atomic E-state index is 12.0. The number of hydrogen-bond acceptors (Lipinski definition) is 8. The number of methoxy groups -OCH3 is 3. The summed E-state index contributed by atoms with van der Waals surface area (Å²) in [4.78, 5) is 35.1. The lowest BCUT2D eigenvalue weighted by Gasteiger charge is -2.17. The van der Waals surface area contributed by atoms with Gasteiger partial charge in [0.05, 0.1) is 49.8 Å². The molecule has 1 rings (SSSR count). The number of aldehydes is 1. The van der Waals surface area contributed by atoms with Gasteiger partial charge in [-0.2, -0.15) is 0 Å². The fourth-order valence-electron chi connectivity index (χ4n) is 2.11. The van der Waals surface area contributed by atoms with E-state index in [1.165, 1.54) is 20.3 Å². The summed E-state index contributed by atoms with van der Waals surface area (Å²) in [6.45, 7) is 0.676. The number of ether oxygens (including phenoxy) is 5. The molecule has 0 fully saturated rings. The fraction of sp³-hybridized carbons (Fsp3) is 0.471. The highest BCUT2D eigenvalue weighted by Gasteiger charge is 2.27. The van der Waals surface area contributed by atoms with E-state index in [9.17, 15) is 14.4 Å². The number of rotatable bonds is 11. The van der Waals surface area contributed by atoms with Crippen molar-refractivity contribution < 1.29 is 38.1 Å². The average Bonchev–Trinajstić information content (AvgIpc) is 2.65. The van der Waals surface area contributed by atoms with E-state index in [0.29, 0.717) is 29.5 Å². The van der Waals surface area contributed by atoms with Gasteiger partial charge in [-0.1, -0.05) is 0 Å². The van der Waals surface area contributed by atoms with Gasteiger partial charge >= 0.3 is 11.9 Å². The van der Waals surface area contributed by atoms with Gasteiger partial charge in [0.25, 0.3) is 0 Å². The minimum atomic E-state index is -0.908. The van der Waals surface area contributed by atoms with Crippen molar-refractivity contribution in [1.29, 1.82) is 0 Å². The third kappa shape index (κ3) is 6.40. The number of hydrogen-bond donors (Lipinski definition) is 0. The number of benzene rings is 1. The van der Waals surface area contributed by atoms with Gasteiger partial charge in [0, 0.05) is 7.11 Å². The summed E-state index contributed by atoms with van der Waals surface area (Å²) in [5.74, 6) is -1.83. The first kappa shape index (κ1) is 22.1. The molecule has 8 nitrogen and oxygen atoms in total. The Morgan fingerprint density at radius 1 is 1.15 bits per heavy atom. The van der Waals surface area contributed by atoms with Crippen molar-refractivity contribution in [2.45, 2.75) is 12.3 Å². The van der Waals surface area contributed by atoms with Crippen LogP contribution in [-0.4, -0.2) is 59.6 Å². The Morgan fingerprint density at radius 3 is 2.46 bits per heavy atom. The van der Waals surface area contributed by atoms with E-state index < -0.39 is 17.9 Å². The van der Waals surface area contributed by atoms with Crippen LogP contribution >= 0.6 is 15.9 Å². The van der Waals surface area contributed by atoms with Gasteiger partial charge in [-0.25, -0.2) is 0 Å². The fourth-order valence-corrected chi connectivity index (χ4v) is 2.72. The SMILES string of the molecule is COCCOCOc1c(Br)cc([C@H](CC(=O)OC)C(=O)OC)cc1C=O. The van der Waals surface area contributed by atoms with E-state index >= 15 is 0 Å². The van der Waals surface area contributed by atoms with Crippen LogP contribution in [0.15, 0.2) is 16.6 Å². The molecule has 0 aliphatic heterocycles. The minimum absolute atomic E-state index is 0.0786. The minimum Gasteiger partial charge on any atom is -0.469 e. The van der Waals surface area contributed by atoms with Crippen molar-refractivity contribution >= 4 is 34.2 Å². The number of halogens is 1. The molecule has 0 amide bonds. The van der Waals surface area contributed by atoms with Gasteiger partial charge < -0.3 is 23.7 Å². The molecule has 26 heavy (non-hydrogen) atoms. The summed E-state index contributed by atoms with van der Waals surface area (Å²) in [5, 5.41) is 0. The second-order valence-electron chi connectivity index (χ2n) is 5.06. The van der Waals surface area contributed by atoms with Gasteiger partial charge in [-0.3, -0.25) is 14.4 Å². The van der Waals surface area contributed by atoms with Crippen LogP contribution in [-0.2, 0) is 28.5 Å². The molecule has 0 saturated carbocycles. The molecule has 0 saturated heterocycles. The molecular weight excluding hydrogens is 412 g/mol. The van der Waals surface area contributed by atoms with Crippen molar-refractivity contribution in [3.05, 3.63) is 27.7 Å². The quantitative estimate of drug-likeness (QED) is 0.227. The van der Waals surface area contributed by atoms with Gasteiger partial charge in [-0.05, 0) is 33.6 Å². The third-order valence-electron chi connectivity index (χ3n) is 3.43. The number of carbonyl (C=O) groups excluding carboxylic acids is 3. The highest BCUT2D eigenvalue weighted by atomic mass is 79.9. The highest BCUT2D eigenvalue weighted by molar-refractivity contribution is 9.10. The largest absolute Gasteiger partial charge is 0.469 e. The van der Waals surface area contributed by atoms with Crippen LogP contribution in [0.25, 0.3) is 0 Å². The zero-order valence-corrected chi connectivity index (χ0v) is 16.4. The first-order chi connectivity index (χ1) is 12.5. The smallest absolute Gasteiger partial charge is 0.313 e. The van der Waals surface area contributed by atoms with Gasteiger partial charge in [0.15, 0.2) is 13.1 Å². The Morgan fingerprint density at radius 2 is 1.88 bits per heavy atom. The summed E-state index contributed by atoms with van der Waals surface area (Å²) >= 11 is 3.31. The van der Waals surface area contributed by atoms with Crippen LogP contribution < -0.4 is 4.74 Å². The lowest BCUT2D eigenvalue weighted by atomic mass is 9.94. The molecule has 0 radical (unpaired) electrons. The van der Waals surface area contributed by atoms with E-state index in [-0.39, 0.29) is 24.5 Å². The Kier molecular flexibility index (Phi) is 9.85. The van der Waals surface area contributed by atoms with Gasteiger partial charge in [-0.15, -0.1) is 0 Å². The number of esters is 2. The van der Waals surface area contributed by atoms with E-state index in [0.717, 1.165) is 0 Å². The summed E-state index contributed by atoms with van der Waals surface area (Å²) in [7, 11) is 4.00. The molecule has 0 spiro atoms. The Labute approximate surface area is 159 Å². The summed E-state index contributed by atoms with van der Waals surface area (Å²) in [5.41, 5.74) is 0.618. The molecule has 1 aromatic rings. The summed E-state index contributed by atoms with van der Waals surface area (Å²) in [6, 6.07) is 3.05. The van der Waals surface area contributed by atoms with Crippen molar-refractivity contribution in [1.82, 2.24) is 0 Å². The van der Waals surface area contributed by atoms with Gasteiger partial charge in [0.1, 0.15) is 5.75 Å². The molecular formula is C17H21BrO8. The molecule has 144 valence electrons. The average molecular weight is 433 g/mol. The predicted molar refractivity (Wildman–Crippen MR) is 94.2 cm³/mol. The van der Waals surface area contributed by atoms with Gasteiger partial charge in [0.2, 0.25) is 0 Å². The first-order valence-corrected chi connectivity index (χ1v) is 8.40. The normalized spacial score (nSPS) is 11.5. The van der Waals surface area contributed by atoms with Crippen LogP contribution in [0.3, 0.4) is 0 Å². The molecule has 0 aliphatic rings. The lowest BCUT2D eigenvalue weighted by molar-refractivity contribution is -0.149. The highest BCUT2D eigenvalue weighted by Crippen LogP contribution is 2.34. The van der Waals surface area contributed by atoms with Crippen LogP contribution in [0, 0.1) is 0 Å². The predicted octanol–water partition coefficient (Wildman–Crippen LogP) is 2.08. The van der Waals surface area contributed by atoms with E-state index in [1.54, 1.807) is 13.2 Å². The summed E-state index contributed by atoms with van der Waals surface area (Å²) in [6.07, 6.45) is 0.374. The molecule has 1 aromatic carbocycles. The third-order valence-corrected chi connectivity index (χ3v) is 4.02. The van der Waals surface area contributed by atoms with Crippen molar-refractivity contribution in [2.75, 3.05) is 41.3 Å². The molecule has 0 aliphatic carbocycles. The van der Waals surface area contributed by atoms with E-state index in [4.69, 9.17) is 18.9 Å². The van der Waals surface area contributed by atoms with Crippen molar-refractivity contribution in [2.24, 2.45) is 0 Å².